The smallest absolute Gasteiger partial charge is 0.262 e. The topological polar surface area (TPSA) is 91.3 Å². The van der Waals surface area contributed by atoms with Crippen molar-refractivity contribution >= 4 is 11.0 Å². The maximum Gasteiger partial charge on any atom is 0.262 e. The van der Waals surface area contributed by atoms with Crippen molar-refractivity contribution in [2.75, 3.05) is 26.4 Å². The van der Waals surface area contributed by atoms with Gasteiger partial charge in [-0.2, -0.15) is 5.10 Å². The van der Waals surface area contributed by atoms with Gasteiger partial charge in [0, 0.05) is 31.6 Å². The van der Waals surface area contributed by atoms with Gasteiger partial charge in [-0.25, -0.2) is 9.67 Å². The van der Waals surface area contributed by atoms with Gasteiger partial charge in [-0.3, -0.25) is 4.79 Å². The summed E-state index contributed by atoms with van der Waals surface area (Å²) in [5.74, 6) is 1.42. The monoisotopic (exact) mass is 396 g/mol. The van der Waals surface area contributed by atoms with Crippen LogP contribution < -0.4 is 10.3 Å². The summed E-state index contributed by atoms with van der Waals surface area (Å²) < 4.78 is 18.9. The average Bonchev–Trinajstić information content (AvgIpc) is 3.40. The molecular weight excluding hydrogens is 372 g/mol. The molecule has 0 saturated carbocycles. The Bertz CT molecular complexity index is 1050. The first kappa shape index (κ1) is 18.3. The van der Waals surface area contributed by atoms with Crippen LogP contribution in [0.2, 0.25) is 0 Å². The van der Waals surface area contributed by atoms with Gasteiger partial charge in [0.1, 0.15) is 23.1 Å². The van der Waals surface area contributed by atoms with Crippen LogP contribution in [0.25, 0.3) is 11.0 Å². The molecule has 8 nitrogen and oxygen atoms in total. The number of aromatic amines is 1. The highest BCUT2D eigenvalue weighted by atomic mass is 16.5. The average molecular weight is 396 g/mol. The Balaban J connectivity index is 1.46. The number of fused-ring (bicyclic) bond motifs is 1. The minimum Gasteiger partial charge on any atom is -0.488 e. The van der Waals surface area contributed by atoms with E-state index in [1.54, 1.807) is 6.20 Å². The largest absolute Gasteiger partial charge is 0.488 e. The fourth-order valence-electron chi connectivity index (χ4n) is 3.99. The molecule has 3 aromatic rings. The second-order valence-electron chi connectivity index (χ2n) is 7.57. The van der Waals surface area contributed by atoms with E-state index >= 15 is 0 Å². The number of nitrogens with one attached hydrogen (secondary N) is 1. The van der Waals surface area contributed by atoms with Gasteiger partial charge in [0.05, 0.1) is 25.5 Å². The summed E-state index contributed by atoms with van der Waals surface area (Å²) in [5, 5.41) is 4.98. The van der Waals surface area contributed by atoms with Gasteiger partial charge in [0.25, 0.3) is 5.56 Å². The molecule has 152 valence electrons. The van der Waals surface area contributed by atoms with Gasteiger partial charge in [-0.05, 0) is 18.9 Å². The SMILES string of the molecule is O=c1[nH]c(Cc2ccccc2O[C@H]2CCOC2)nc2c1cnn2C1CCOCC1. The molecular formula is C21H24N4O4. The third-order valence-corrected chi connectivity index (χ3v) is 5.56. The third kappa shape index (κ3) is 3.77. The molecule has 2 aromatic heterocycles. The lowest BCUT2D eigenvalue weighted by Crippen LogP contribution is -2.21. The number of rotatable bonds is 5. The Morgan fingerprint density at radius 3 is 2.79 bits per heavy atom. The lowest BCUT2D eigenvalue weighted by atomic mass is 10.1. The van der Waals surface area contributed by atoms with Gasteiger partial charge in [-0.15, -0.1) is 0 Å². The molecule has 4 heterocycles. The molecule has 2 fully saturated rings. The summed E-state index contributed by atoms with van der Waals surface area (Å²) >= 11 is 0. The van der Waals surface area contributed by atoms with Gasteiger partial charge in [-0.1, -0.05) is 18.2 Å². The number of ether oxygens (including phenoxy) is 3. The Hall–Kier alpha value is -2.71. The number of aromatic nitrogens is 4. The first-order valence-electron chi connectivity index (χ1n) is 10.1. The molecule has 0 unspecified atom stereocenters. The van der Waals surface area contributed by atoms with Crippen LogP contribution in [0.15, 0.2) is 35.3 Å². The molecule has 29 heavy (non-hydrogen) atoms. The van der Waals surface area contributed by atoms with Gasteiger partial charge in [0.15, 0.2) is 5.65 Å². The lowest BCUT2D eigenvalue weighted by Gasteiger charge is -2.22. The van der Waals surface area contributed by atoms with Crippen LogP contribution in [0.1, 0.15) is 36.7 Å². The molecule has 1 aromatic carbocycles. The van der Waals surface area contributed by atoms with Gasteiger partial charge < -0.3 is 19.2 Å². The molecule has 0 spiro atoms. The minimum absolute atomic E-state index is 0.0700. The van der Waals surface area contributed by atoms with Crippen LogP contribution >= 0.6 is 0 Å². The highest BCUT2D eigenvalue weighted by Crippen LogP contribution is 2.25. The molecule has 1 N–H and O–H groups in total. The Kier molecular flexibility index (Phi) is 5.03. The first-order valence-corrected chi connectivity index (χ1v) is 10.1. The number of hydrogen-bond donors (Lipinski definition) is 1. The molecule has 1 atom stereocenters. The van der Waals surface area contributed by atoms with Crippen LogP contribution in [0.3, 0.4) is 0 Å². The maximum absolute atomic E-state index is 12.6. The van der Waals surface area contributed by atoms with Crippen molar-refractivity contribution in [1.82, 2.24) is 19.7 Å². The van der Waals surface area contributed by atoms with Crippen molar-refractivity contribution in [3.05, 3.63) is 52.2 Å². The summed E-state index contributed by atoms with van der Waals surface area (Å²) in [6, 6.07) is 8.09. The third-order valence-electron chi connectivity index (χ3n) is 5.56. The molecule has 0 amide bonds. The van der Waals surface area contributed by atoms with E-state index < -0.39 is 0 Å². The number of benzene rings is 1. The summed E-state index contributed by atoms with van der Waals surface area (Å²) in [5.41, 5.74) is 1.46. The van der Waals surface area contributed by atoms with Crippen molar-refractivity contribution in [1.29, 1.82) is 0 Å². The quantitative estimate of drug-likeness (QED) is 0.711. The fraction of sp³-hybridized carbons (Fsp3) is 0.476. The standard InChI is InChI=1S/C21H24N4O4/c26-21-17-12-22-25(15-5-8-27-9-6-15)20(17)23-19(24-21)11-14-3-1-2-4-18(14)29-16-7-10-28-13-16/h1-4,12,15-16H,5-11,13H2,(H,23,24,26)/t16-/m0/s1. The van der Waals surface area contributed by atoms with Crippen LogP contribution in [-0.4, -0.2) is 52.3 Å². The predicted octanol–water partition coefficient (Wildman–Crippen LogP) is 2.23. The van der Waals surface area contributed by atoms with Crippen molar-refractivity contribution < 1.29 is 14.2 Å². The van der Waals surface area contributed by atoms with E-state index in [-0.39, 0.29) is 17.7 Å². The van der Waals surface area contributed by atoms with E-state index in [2.05, 4.69) is 10.1 Å². The summed E-state index contributed by atoms with van der Waals surface area (Å²) in [6.45, 7) is 2.75. The van der Waals surface area contributed by atoms with Crippen molar-refractivity contribution in [2.24, 2.45) is 0 Å². The van der Waals surface area contributed by atoms with Crippen LogP contribution in [0.4, 0.5) is 0 Å². The van der Waals surface area contributed by atoms with E-state index in [1.807, 2.05) is 28.9 Å². The maximum atomic E-state index is 12.6. The van der Waals surface area contributed by atoms with Crippen molar-refractivity contribution in [3.63, 3.8) is 0 Å². The minimum atomic E-state index is -0.161. The Morgan fingerprint density at radius 2 is 1.97 bits per heavy atom. The molecule has 0 bridgehead atoms. The van der Waals surface area contributed by atoms with Gasteiger partial charge in [0.2, 0.25) is 0 Å². The second kappa shape index (κ2) is 7.96. The summed E-state index contributed by atoms with van der Waals surface area (Å²) in [6.07, 6.45) is 4.80. The molecule has 0 radical (unpaired) electrons. The zero-order valence-electron chi connectivity index (χ0n) is 16.2. The molecule has 5 rings (SSSR count). The number of hydrogen-bond acceptors (Lipinski definition) is 6. The fourth-order valence-corrected chi connectivity index (χ4v) is 3.99. The van der Waals surface area contributed by atoms with E-state index in [0.717, 1.165) is 37.2 Å². The van der Waals surface area contributed by atoms with Crippen LogP contribution in [0, 0.1) is 0 Å². The summed E-state index contributed by atoms with van der Waals surface area (Å²) in [7, 11) is 0. The highest BCUT2D eigenvalue weighted by molar-refractivity contribution is 5.73. The normalized spacial score (nSPS) is 20.3. The number of para-hydroxylation sites is 1. The van der Waals surface area contributed by atoms with Crippen molar-refractivity contribution in [2.45, 2.75) is 37.8 Å². The van der Waals surface area contributed by atoms with E-state index in [0.29, 0.717) is 43.1 Å². The van der Waals surface area contributed by atoms with Crippen LogP contribution in [0.5, 0.6) is 5.75 Å². The number of nitrogens with zero attached hydrogens (tertiary/aromatic N) is 3. The molecule has 8 heteroatoms. The molecule has 2 aliphatic rings. The van der Waals surface area contributed by atoms with E-state index in [9.17, 15) is 4.79 Å². The first-order chi connectivity index (χ1) is 14.3. The van der Waals surface area contributed by atoms with E-state index in [1.165, 1.54) is 0 Å². The van der Waals surface area contributed by atoms with Crippen LogP contribution in [-0.2, 0) is 15.9 Å². The molecule has 2 saturated heterocycles. The molecule has 2 aliphatic heterocycles. The lowest BCUT2D eigenvalue weighted by molar-refractivity contribution is 0.0673. The number of H-pyrrole nitrogens is 1. The Morgan fingerprint density at radius 1 is 1.14 bits per heavy atom. The highest BCUT2D eigenvalue weighted by Gasteiger charge is 2.22. The van der Waals surface area contributed by atoms with Crippen molar-refractivity contribution in [3.8, 4) is 5.75 Å². The Labute approximate surface area is 167 Å². The zero-order chi connectivity index (χ0) is 19.6. The predicted molar refractivity (Wildman–Crippen MR) is 106 cm³/mol. The second-order valence-corrected chi connectivity index (χ2v) is 7.57. The molecule has 0 aliphatic carbocycles. The van der Waals surface area contributed by atoms with E-state index in [4.69, 9.17) is 19.2 Å². The summed E-state index contributed by atoms with van der Waals surface area (Å²) in [4.78, 5) is 20.3. The van der Waals surface area contributed by atoms with Gasteiger partial charge >= 0.3 is 0 Å². The zero-order valence-corrected chi connectivity index (χ0v) is 16.2.